The number of fused-ring (bicyclic) bond motifs is 1. The van der Waals surface area contributed by atoms with Crippen molar-refractivity contribution in [1.29, 1.82) is 0 Å². The number of nitrogens with zero attached hydrogens (tertiary/aromatic N) is 4. The van der Waals surface area contributed by atoms with E-state index in [0.717, 1.165) is 16.8 Å². The second kappa shape index (κ2) is 11.9. The number of rotatable bonds is 9. The van der Waals surface area contributed by atoms with Gasteiger partial charge in [-0.2, -0.15) is 0 Å². The molecule has 2 aromatic heterocycles. The highest BCUT2D eigenvalue weighted by molar-refractivity contribution is 7.91. The summed E-state index contributed by atoms with van der Waals surface area (Å²) in [4.78, 5) is 40.7. The number of amides is 1. The molecule has 10 nitrogen and oxygen atoms in total. The van der Waals surface area contributed by atoms with Crippen LogP contribution in [0.1, 0.15) is 71.3 Å². The summed E-state index contributed by atoms with van der Waals surface area (Å²) < 4.78 is 29.0. The number of carbonyl (C=O) groups excluding carboxylic acids is 2. The Bertz CT molecular complexity index is 1440. The van der Waals surface area contributed by atoms with E-state index in [0.29, 0.717) is 30.0 Å². The molecule has 1 unspecified atom stereocenters. The summed E-state index contributed by atoms with van der Waals surface area (Å²) in [6, 6.07) is 8.32. The maximum absolute atomic E-state index is 12.9. The van der Waals surface area contributed by atoms with Gasteiger partial charge in [0.15, 0.2) is 9.84 Å². The van der Waals surface area contributed by atoms with Gasteiger partial charge in [-0.25, -0.2) is 23.2 Å². The minimum atomic E-state index is -3.26. The van der Waals surface area contributed by atoms with Gasteiger partial charge in [0.05, 0.1) is 40.1 Å². The van der Waals surface area contributed by atoms with Crippen LogP contribution in [-0.4, -0.2) is 54.2 Å². The summed E-state index contributed by atoms with van der Waals surface area (Å²) in [6.45, 7) is 8.73. The number of ether oxygens (including phenoxy) is 1. The Kier molecular flexibility index (Phi) is 8.59. The normalized spacial score (nSPS) is 15.1. The Labute approximate surface area is 228 Å². The molecule has 11 heteroatoms. The summed E-state index contributed by atoms with van der Waals surface area (Å²) in [7, 11) is -3.26. The summed E-state index contributed by atoms with van der Waals surface area (Å²) in [5.74, 6) is 0.0238. The van der Waals surface area contributed by atoms with Crippen LogP contribution in [0.2, 0.25) is 0 Å². The summed E-state index contributed by atoms with van der Waals surface area (Å²) in [6.07, 6.45) is 5.19. The molecule has 39 heavy (non-hydrogen) atoms. The molecule has 0 aliphatic carbocycles. The number of aromatic nitrogens is 3. The fourth-order valence-electron chi connectivity index (χ4n) is 4.59. The van der Waals surface area contributed by atoms with Gasteiger partial charge in [-0.15, -0.1) is 0 Å². The van der Waals surface area contributed by atoms with Gasteiger partial charge in [-0.3, -0.25) is 9.78 Å². The van der Waals surface area contributed by atoms with Gasteiger partial charge in [0.25, 0.3) is 5.91 Å². The van der Waals surface area contributed by atoms with Crippen LogP contribution < -0.4 is 10.2 Å². The molecule has 3 aromatic rings. The van der Waals surface area contributed by atoms with Gasteiger partial charge in [0, 0.05) is 31.7 Å². The maximum atomic E-state index is 12.9. The number of esters is 1. The first-order chi connectivity index (χ1) is 18.6. The highest BCUT2D eigenvalue weighted by Crippen LogP contribution is 2.36. The predicted octanol–water partition coefficient (Wildman–Crippen LogP) is 3.53. The van der Waals surface area contributed by atoms with Crippen LogP contribution in [0.3, 0.4) is 0 Å². The molecular weight excluding hydrogens is 518 g/mol. The number of carbonyl (C=O) groups is 2. The molecule has 3 heterocycles. The van der Waals surface area contributed by atoms with E-state index in [4.69, 9.17) is 9.72 Å². The lowest BCUT2D eigenvalue weighted by atomic mass is 9.89. The van der Waals surface area contributed by atoms with Crippen LogP contribution in [0.15, 0.2) is 53.8 Å². The molecule has 206 valence electrons. The molecule has 1 aromatic carbocycles. The molecule has 1 amide bonds. The minimum absolute atomic E-state index is 0.0403. The van der Waals surface area contributed by atoms with Crippen LogP contribution in [-0.2, 0) is 27.5 Å². The first-order valence-corrected chi connectivity index (χ1v) is 14.6. The van der Waals surface area contributed by atoms with Crippen LogP contribution in [0, 0.1) is 5.92 Å². The Hall–Kier alpha value is -3.86. The van der Waals surface area contributed by atoms with Crippen molar-refractivity contribution < 1.29 is 22.7 Å². The SMILES string of the molecule is CCOC(=O)c1cnc(N2CCc3cc(C(=O)NCc4ccc(S(=O)(=O)CC)cc4)cnc3C2C(C)C)nc1. The van der Waals surface area contributed by atoms with E-state index in [2.05, 4.69) is 34.0 Å². The topological polar surface area (TPSA) is 131 Å². The molecule has 0 saturated carbocycles. The minimum Gasteiger partial charge on any atom is -0.462 e. The Morgan fingerprint density at radius 2 is 1.72 bits per heavy atom. The van der Waals surface area contributed by atoms with Gasteiger partial charge in [0.1, 0.15) is 0 Å². The average molecular weight is 552 g/mol. The standard InChI is InChI=1S/C28H33N5O5S/c1-5-38-27(35)22-16-31-28(32-17-22)33-12-11-20-13-21(15-29-24(20)25(33)18(3)4)26(34)30-14-19-7-9-23(10-8-19)39(36,37)6-2/h7-10,13,15-18,25H,5-6,11-12,14H2,1-4H3,(H,30,34). The first-order valence-electron chi connectivity index (χ1n) is 13.0. The zero-order valence-electron chi connectivity index (χ0n) is 22.5. The molecular formula is C28H33N5O5S. The van der Waals surface area contributed by atoms with Crippen molar-refractivity contribution in [3.63, 3.8) is 0 Å². The Morgan fingerprint density at radius 3 is 2.33 bits per heavy atom. The van der Waals surface area contributed by atoms with Crippen LogP contribution in [0.4, 0.5) is 5.95 Å². The lowest BCUT2D eigenvalue weighted by molar-refractivity contribution is 0.0525. The average Bonchev–Trinajstić information content (AvgIpc) is 2.95. The van der Waals surface area contributed by atoms with Crippen molar-refractivity contribution in [3.8, 4) is 0 Å². The third-order valence-corrected chi connectivity index (χ3v) is 8.41. The van der Waals surface area contributed by atoms with Crippen molar-refractivity contribution >= 4 is 27.7 Å². The molecule has 4 rings (SSSR count). The molecule has 1 aliphatic heterocycles. The van der Waals surface area contributed by atoms with Gasteiger partial charge < -0.3 is 15.0 Å². The molecule has 0 spiro atoms. The zero-order chi connectivity index (χ0) is 28.2. The number of nitrogens with one attached hydrogen (secondary N) is 1. The quantitative estimate of drug-likeness (QED) is 0.397. The lowest BCUT2D eigenvalue weighted by Gasteiger charge is -2.39. The molecule has 0 saturated heterocycles. The second-order valence-electron chi connectivity index (χ2n) is 9.62. The number of hydrogen-bond donors (Lipinski definition) is 1. The van der Waals surface area contributed by atoms with Gasteiger partial charge in [-0.1, -0.05) is 32.9 Å². The molecule has 0 fully saturated rings. The summed E-state index contributed by atoms with van der Waals surface area (Å²) in [5.41, 5.74) is 3.43. The fourth-order valence-corrected chi connectivity index (χ4v) is 5.48. The molecule has 1 N–H and O–H groups in total. The van der Waals surface area contributed by atoms with Crippen molar-refractivity contribution in [2.24, 2.45) is 5.92 Å². The largest absolute Gasteiger partial charge is 0.462 e. The van der Waals surface area contributed by atoms with E-state index in [1.807, 2.05) is 6.07 Å². The third kappa shape index (κ3) is 6.25. The first kappa shape index (κ1) is 28.2. The number of hydrogen-bond acceptors (Lipinski definition) is 9. The van der Waals surface area contributed by atoms with Crippen LogP contribution in [0.5, 0.6) is 0 Å². The smallest absolute Gasteiger partial charge is 0.341 e. The summed E-state index contributed by atoms with van der Waals surface area (Å²) >= 11 is 0. The monoisotopic (exact) mass is 551 g/mol. The van der Waals surface area contributed by atoms with Crippen molar-refractivity contribution in [2.75, 3.05) is 23.8 Å². The van der Waals surface area contributed by atoms with E-state index in [1.165, 1.54) is 12.4 Å². The van der Waals surface area contributed by atoms with E-state index in [1.54, 1.807) is 44.3 Å². The summed E-state index contributed by atoms with van der Waals surface area (Å²) in [5, 5.41) is 2.89. The molecule has 0 radical (unpaired) electrons. The van der Waals surface area contributed by atoms with Gasteiger partial charge >= 0.3 is 5.97 Å². The van der Waals surface area contributed by atoms with Gasteiger partial charge in [0.2, 0.25) is 5.95 Å². The van der Waals surface area contributed by atoms with Gasteiger partial charge in [-0.05, 0) is 48.6 Å². The van der Waals surface area contributed by atoms with Crippen LogP contribution in [0.25, 0.3) is 0 Å². The number of benzene rings is 1. The van der Waals surface area contributed by atoms with Crippen molar-refractivity contribution in [1.82, 2.24) is 20.3 Å². The van der Waals surface area contributed by atoms with E-state index in [-0.39, 0.29) is 41.7 Å². The maximum Gasteiger partial charge on any atom is 0.341 e. The zero-order valence-corrected chi connectivity index (χ0v) is 23.4. The molecule has 1 atom stereocenters. The highest BCUT2D eigenvalue weighted by atomic mass is 32.2. The lowest BCUT2D eigenvalue weighted by Crippen LogP contribution is -2.40. The van der Waals surface area contributed by atoms with Crippen molar-refractivity contribution in [3.05, 3.63) is 76.9 Å². The van der Waals surface area contributed by atoms with E-state index in [9.17, 15) is 18.0 Å². The highest BCUT2D eigenvalue weighted by Gasteiger charge is 2.33. The van der Waals surface area contributed by atoms with E-state index < -0.39 is 15.8 Å². The number of anilines is 1. The molecule has 1 aliphatic rings. The Balaban J connectivity index is 1.47. The fraction of sp³-hybridized carbons (Fsp3) is 0.393. The predicted molar refractivity (Wildman–Crippen MR) is 146 cm³/mol. The van der Waals surface area contributed by atoms with E-state index >= 15 is 0 Å². The van der Waals surface area contributed by atoms with Crippen LogP contribution >= 0.6 is 0 Å². The number of pyridine rings is 1. The number of sulfone groups is 1. The second-order valence-corrected chi connectivity index (χ2v) is 11.9. The Morgan fingerprint density at radius 1 is 1.05 bits per heavy atom. The third-order valence-electron chi connectivity index (χ3n) is 6.65. The van der Waals surface area contributed by atoms with Crippen molar-refractivity contribution in [2.45, 2.75) is 51.6 Å². The molecule has 0 bridgehead atoms.